The number of hydrogen-bond donors (Lipinski definition) is 1. The predicted molar refractivity (Wildman–Crippen MR) is 46.3 cm³/mol. The van der Waals surface area contributed by atoms with Crippen LogP contribution in [-0.4, -0.2) is 9.91 Å². The molecule has 0 radical (unpaired) electrons. The van der Waals surface area contributed by atoms with Gasteiger partial charge in [0.15, 0.2) is 0 Å². The van der Waals surface area contributed by atoms with Gasteiger partial charge in [0.2, 0.25) is 0 Å². The lowest BCUT2D eigenvalue weighted by atomic mass is 10.3. The van der Waals surface area contributed by atoms with Gasteiger partial charge in [-0.05, 0) is 11.0 Å². The Hall–Kier alpha value is -1.17. The van der Waals surface area contributed by atoms with Crippen molar-refractivity contribution in [3.05, 3.63) is 38.2 Å². The first-order valence-electron chi connectivity index (χ1n) is 3.07. The predicted octanol–water partition coefficient (Wildman–Crippen LogP) is 1.18. The van der Waals surface area contributed by atoms with E-state index >= 15 is 0 Å². The average Bonchev–Trinajstić information content (AvgIpc) is 2.04. The summed E-state index contributed by atoms with van der Waals surface area (Å²) in [5.74, 6) is -0.287. The zero-order valence-electron chi connectivity index (χ0n) is 5.91. The molecule has 1 aromatic heterocycles. The minimum Gasteiger partial charge on any atom is -0.358 e. The van der Waals surface area contributed by atoms with Crippen LogP contribution in [0.5, 0.6) is 0 Å². The van der Waals surface area contributed by atoms with E-state index in [1.165, 1.54) is 12.1 Å². The van der Waals surface area contributed by atoms with Gasteiger partial charge in [0.1, 0.15) is 0 Å². The highest BCUT2D eigenvalue weighted by Crippen LogP contribution is 2.05. The highest BCUT2D eigenvalue weighted by molar-refractivity contribution is 9.08. The standard InChI is InChI=1S/C6H5BrN2O3/c7-3-4-1-2-5(9(11)12)8-6(4)10/h1-2H,3H2,(H,8,10). The molecule has 1 N–H and O–H groups in total. The van der Waals surface area contributed by atoms with E-state index < -0.39 is 10.5 Å². The third kappa shape index (κ3) is 1.70. The Kier molecular flexibility index (Phi) is 2.59. The number of nitrogens with zero attached hydrogens (tertiary/aromatic N) is 1. The molecule has 0 aliphatic carbocycles. The third-order valence-electron chi connectivity index (χ3n) is 1.32. The van der Waals surface area contributed by atoms with Crippen molar-refractivity contribution in [3.8, 4) is 0 Å². The van der Waals surface area contributed by atoms with E-state index in [-0.39, 0.29) is 5.82 Å². The molecule has 64 valence electrons. The highest BCUT2D eigenvalue weighted by atomic mass is 79.9. The minimum absolute atomic E-state index is 0.287. The molecule has 0 fully saturated rings. The van der Waals surface area contributed by atoms with Crippen LogP contribution >= 0.6 is 15.9 Å². The van der Waals surface area contributed by atoms with Gasteiger partial charge < -0.3 is 10.1 Å². The van der Waals surface area contributed by atoms with Gasteiger partial charge in [0.05, 0.1) is 5.56 Å². The monoisotopic (exact) mass is 232 g/mol. The number of alkyl halides is 1. The van der Waals surface area contributed by atoms with Crippen molar-refractivity contribution < 1.29 is 4.92 Å². The van der Waals surface area contributed by atoms with Crippen molar-refractivity contribution in [1.82, 2.24) is 4.98 Å². The molecule has 0 aliphatic heterocycles. The van der Waals surface area contributed by atoms with Crippen LogP contribution in [-0.2, 0) is 5.33 Å². The van der Waals surface area contributed by atoms with Crippen LogP contribution in [0, 0.1) is 10.1 Å². The summed E-state index contributed by atoms with van der Waals surface area (Å²) in [6, 6.07) is 2.68. The van der Waals surface area contributed by atoms with Crippen molar-refractivity contribution in [1.29, 1.82) is 0 Å². The van der Waals surface area contributed by atoms with E-state index in [4.69, 9.17) is 0 Å². The van der Waals surface area contributed by atoms with Gasteiger partial charge in [0, 0.05) is 11.4 Å². The fraction of sp³-hybridized carbons (Fsp3) is 0.167. The lowest BCUT2D eigenvalue weighted by Crippen LogP contribution is -2.12. The number of halogens is 1. The van der Waals surface area contributed by atoms with Crippen LogP contribution in [0.1, 0.15) is 5.56 Å². The van der Waals surface area contributed by atoms with Crippen LogP contribution < -0.4 is 5.56 Å². The molecule has 1 aromatic rings. The van der Waals surface area contributed by atoms with Crippen LogP contribution in [0.25, 0.3) is 0 Å². The van der Waals surface area contributed by atoms with E-state index in [2.05, 4.69) is 20.9 Å². The molecule has 5 nitrogen and oxygen atoms in total. The first kappa shape index (κ1) is 8.92. The molecule has 0 amide bonds. The number of H-pyrrole nitrogens is 1. The number of nitrogens with one attached hydrogen (secondary N) is 1. The van der Waals surface area contributed by atoms with Crippen molar-refractivity contribution in [3.63, 3.8) is 0 Å². The molecule has 0 saturated carbocycles. The van der Waals surface area contributed by atoms with Gasteiger partial charge in [0.25, 0.3) is 0 Å². The summed E-state index contributed by atoms with van der Waals surface area (Å²) in [5.41, 5.74) is 0.0432. The summed E-state index contributed by atoms with van der Waals surface area (Å²) in [4.78, 5) is 22.7. The SMILES string of the molecule is O=c1[nH]c([N+](=O)[O-])ccc1CBr. The van der Waals surface area contributed by atoms with Crippen LogP contribution in [0.4, 0.5) is 5.82 Å². The Morgan fingerprint density at radius 2 is 2.25 bits per heavy atom. The summed E-state index contributed by atoms with van der Waals surface area (Å²) in [7, 11) is 0. The number of nitro groups is 1. The fourth-order valence-corrected chi connectivity index (χ4v) is 1.15. The number of rotatable bonds is 2. The van der Waals surface area contributed by atoms with Gasteiger partial charge in [-0.15, -0.1) is 0 Å². The molecular weight excluding hydrogens is 228 g/mol. The van der Waals surface area contributed by atoms with E-state index in [1.54, 1.807) is 0 Å². The maximum Gasteiger partial charge on any atom is 0.335 e. The maximum atomic E-state index is 11.0. The molecular formula is C6H5BrN2O3. The highest BCUT2D eigenvalue weighted by Gasteiger charge is 2.06. The molecule has 1 heterocycles. The second-order valence-corrected chi connectivity index (χ2v) is 2.65. The van der Waals surface area contributed by atoms with E-state index in [0.29, 0.717) is 10.9 Å². The van der Waals surface area contributed by atoms with E-state index in [9.17, 15) is 14.9 Å². The fourth-order valence-electron chi connectivity index (χ4n) is 0.705. The van der Waals surface area contributed by atoms with Crippen molar-refractivity contribution in [2.24, 2.45) is 0 Å². The molecule has 0 aromatic carbocycles. The molecule has 0 unspecified atom stereocenters. The van der Waals surface area contributed by atoms with Gasteiger partial charge in [-0.25, -0.2) is 9.78 Å². The molecule has 0 aliphatic rings. The van der Waals surface area contributed by atoms with E-state index in [0.717, 1.165) is 0 Å². The van der Waals surface area contributed by atoms with Gasteiger partial charge >= 0.3 is 11.4 Å². The third-order valence-corrected chi connectivity index (χ3v) is 1.92. The average molecular weight is 233 g/mol. The molecule has 6 heteroatoms. The Labute approximate surface area is 75.7 Å². The molecule has 0 bridgehead atoms. The summed E-state index contributed by atoms with van der Waals surface area (Å²) >= 11 is 3.08. The Balaban J connectivity index is 3.19. The van der Waals surface area contributed by atoms with Crippen LogP contribution in [0.15, 0.2) is 16.9 Å². The van der Waals surface area contributed by atoms with E-state index in [1.807, 2.05) is 0 Å². The lowest BCUT2D eigenvalue weighted by Gasteiger charge is -1.93. The Bertz CT molecular complexity index is 360. The summed E-state index contributed by atoms with van der Waals surface area (Å²) in [6.07, 6.45) is 0. The molecule has 12 heavy (non-hydrogen) atoms. The summed E-state index contributed by atoms with van der Waals surface area (Å²) < 4.78 is 0. The zero-order chi connectivity index (χ0) is 9.14. The quantitative estimate of drug-likeness (QED) is 0.473. The first-order chi connectivity index (χ1) is 5.65. The zero-order valence-corrected chi connectivity index (χ0v) is 7.50. The number of aromatic amines is 1. The largest absolute Gasteiger partial charge is 0.358 e. The number of aromatic nitrogens is 1. The minimum atomic E-state index is -0.639. The molecule has 0 atom stereocenters. The second kappa shape index (κ2) is 3.48. The normalized spacial score (nSPS) is 9.75. The lowest BCUT2D eigenvalue weighted by molar-refractivity contribution is -0.389. The Morgan fingerprint density at radius 3 is 2.67 bits per heavy atom. The van der Waals surface area contributed by atoms with Crippen molar-refractivity contribution in [2.45, 2.75) is 5.33 Å². The smallest absolute Gasteiger partial charge is 0.335 e. The summed E-state index contributed by atoms with van der Waals surface area (Å²) in [5, 5.41) is 10.6. The van der Waals surface area contributed by atoms with Crippen molar-refractivity contribution in [2.75, 3.05) is 0 Å². The number of hydrogen-bond acceptors (Lipinski definition) is 3. The van der Waals surface area contributed by atoms with Crippen molar-refractivity contribution >= 4 is 21.7 Å². The van der Waals surface area contributed by atoms with Crippen LogP contribution in [0.3, 0.4) is 0 Å². The second-order valence-electron chi connectivity index (χ2n) is 2.09. The maximum absolute atomic E-state index is 11.0. The Morgan fingerprint density at radius 1 is 1.58 bits per heavy atom. The van der Waals surface area contributed by atoms with Gasteiger partial charge in [-0.3, -0.25) is 0 Å². The molecule has 0 spiro atoms. The summed E-state index contributed by atoms with van der Waals surface area (Å²) in [6.45, 7) is 0. The van der Waals surface area contributed by atoms with Gasteiger partial charge in [-0.1, -0.05) is 15.9 Å². The number of pyridine rings is 1. The first-order valence-corrected chi connectivity index (χ1v) is 4.20. The molecule has 1 rings (SSSR count). The van der Waals surface area contributed by atoms with Gasteiger partial charge in [-0.2, -0.15) is 0 Å². The van der Waals surface area contributed by atoms with Crippen LogP contribution in [0.2, 0.25) is 0 Å². The molecule has 0 saturated heterocycles. The topological polar surface area (TPSA) is 76.0 Å².